The first-order chi connectivity index (χ1) is 11.3. The zero-order valence-corrected chi connectivity index (χ0v) is 15.8. The van der Waals surface area contributed by atoms with Crippen molar-refractivity contribution in [2.24, 2.45) is 4.99 Å². The molecule has 0 saturated heterocycles. The maximum absolute atomic E-state index is 12.2. The molecule has 0 atom stereocenters. The molecule has 0 unspecified atom stereocenters. The Bertz CT molecular complexity index is 826. The summed E-state index contributed by atoms with van der Waals surface area (Å²) in [6.45, 7) is 5.10. The summed E-state index contributed by atoms with van der Waals surface area (Å²) < 4.78 is 5.85. The van der Waals surface area contributed by atoms with Crippen molar-refractivity contribution >= 4 is 50.2 Å². The molecule has 0 radical (unpaired) electrons. The van der Waals surface area contributed by atoms with E-state index in [1.54, 1.807) is 32.0 Å². The average Bonchev–Trinajstić information content (AvgIpc) is 2.85. The fraction of sp³-hybridized carbons (Fsp3) is 0.235. The number of ketones is 1. The molecule has 0 amide bonds. The van der Waals surface area contributed by atoms with E-state index in [4.69, 9.17) is 4.74 Å². The van der Waals surface area contributed by atoms with Crippen LogP contribution in [0.2, 0.25) is 0 Å². The second kappa shape index (κ2) is 7.72. The molecule has 0 fully saturated rings. The Morgan fingerprint density at radius 2 is 2.12 bits per heavy atom. The Kier molecular flexibility index (Phi) is 5.90. The minimum atomic E-state index is -0.510. The highest BCUT2D eigenvalue weighted by Gasteiger charge is 2.23. The Labute approximate surface area is 152 Å². The van der Waals surface area contributed by atoms with Crippen LogP contribution >= 0.6 is 27.3 Å². The third-order valence-electron chi connectivity index (χ3n) is 3.24. The lowest BCUT2D eigenvalue weighted by atomic mass is 10.1. The highest BCUT2D eigenvalue weighted by Crippen LogP contribution is 2.36. The molecule has 24 heavy (non-hydrogen) atoms. The van der Waals surface area contributed by atoms with Gasteiger partial charge in [-0.1, -0.05) is 15.9 Å². The molecule has 1 N–H and O–H groups in total. The van der Waals surface area contributed by atoms with Gasteiger partial charge in [0.05, 0.1) is 17.0 Å². The van der Waals surface area contributed by atoms with Crippen LogP contribution in [0.5, 0.6) is 5.75 Å². The van der Waals surface area contributed by atoms with Gasteiger partial charge in [-0.3, -0.25) is 4.79 Å². The lowest BCUT2D eigenvalue weighted by Crippen LogP contribution is -2.06. The van der Waals surface area contributed by atoms with Crippen LogP contribution in [-0.2, 0) is 4.74 Å². The number of hydrogen-bond acceptors (Lipinski definition) is 6. The van der Waals surface area contributed by atoms with Crippen molar-refractivity contribution in [3.05, 3.63) is 44.2 Å². The van der Waals surface area contributed by atoms with Crippen LogP contribution in [0, 0.1) is 6.92 Å². The monoisotopic (exact) mass is 409 g/mol. The summed E-state index contributed by atoms with van der Waals surface area (Å²) in [6, 6.07) is 4.95. The molecule has 0 spiro atoms. The quantitative estimate of drug-likeness (QED) is 0.442. The topological polar surface area (TPSA) is 76.0 Å². The van der Waals surface area contributed by atoms with Crippen LogP contribution in [0.15, 0.2) is 27.7 Å². The molecular formula is C17H16BrNO4S. The highest BCUT2D eigenvalue weighted by atomic mass is 79.9. The molecular weight excluding hydrogens is 394 g/mol. The predicted molar refractivity (Wildman–Crippen MR) is 98.1 cm³/mol. The Balaban J connectivity index is 2.50. The zero-order valence-electron chi connectivity index (χ0n) is 13.4. The predicted octanol–water partition coefficient (Wildman–Crippen LogP) is 4.65. The van der Waals surface area contributed by atoms with E-state index in [0.29, 0.717) is 21.0 Å². The van der Waals surface area contributed by atoms with Crippen molar-refractivity contribution in [3.63, 3.8) is 0 Å². The summed E-state index contributed by atoms with van der Waals surface area (Å²) >= 11 is 4.46. The first-order valence-electron chi connectivity index (χ1n) is 7.19. The van der Waals surface area contributed by atoms with Crippen LogP contribution in [0.25, 0.3) is 0 Å². The number of aromatic hydroxyl groups is 1. The number of phenols is 1. The molecule has 0 aliphatic carbocycles. The lowest BCUT2D eigenvalue weighted by molar-refractivity contribution is 0.0527. The van der Waals surface area contributed by atoms with Gasteiger partial charge < -0.3 is 9.84 Å². The molecule has 0 bridgehead atoms. The largest absolute Gasteiger partial charge is 0.507 e. The van der Waals surface area contributed by atoms with Gasteiger partial charge in [-0.25, -0.2) is 9.79 Å². The third-order valence-corrected chi connectivity index (χ3v) is 5.03. The smallest absolute Gasteiger partial charge is 0.341 e. The number of esters is 1. The number of benzene rings is 1. The molecule has 0 saturated carbocycles. The van der Waals surface area contributed by atoms with E-state index in [1.165, 1.54) is 13.1 Å². The summed E-state index contributed by atoms with van der Waals surface area (Å²) in [5.74, 6) is -0.570. The maximum atomic E-state index is 12.2. The number of aliphatic imine (C=N–C) groups is 1. The van der Waals surface area contributed by atoms with E-state index < -0.39 is 5.97 Å². The molecule has 0 aliphatic rings. The van der Waals surface area contributed by atoms with Gasteiger partial charge in [-0.2, -0.15) is 0 Å². The Morgan fingerprint density at radius 3 is 2.75 bits per heavy atom. The van der Waals surface area contributed by atoms with E-state index in [2.05, 4.69) is 20.9 Å². The molecule has 2 aromatic rings. The molecule has 1 aromatic heterocycles. The SMILES string of the molecule is CCOC(=O)c1c(N=Cc2cc(Br)ccc2O)sc(C(C)=O)c1C. The number of rotatable bonds is 5. The van der Waals surface area contributed by atoms with Crippen molar-refractivity contribution in [2.45, 2.75) is 20.8 Å². The standard InChI is InChI=1S/C17H16BrNO4S/c1-4-23-17(22)14-9(2)15(10(3)20)24-16(14)19-8-11-7-12(18)5-6-13(11)21/h5-8,21H,4H2,1-3H3. The van der Waals surface area contributed by atoms with Crippen LogP contribution in [0.1, 0.15) is 45.0 Å². The van der Waals surface area contributed by atoms with Crippen LogP contribution in [-0.4, -0.2) is 29.7 Å². The molecule has 2 rings (SSSR count). The van der Waals surface area contributed by atoms with E-state index in [-0.39, 0.29) is 23.7 Å². The number of thiophene rings is 1. The van der Waals surface area contributed by atoms with Crippen LogP contribution in [0.4, 0.5) is 5.00 Å². The highest BCUT2D eigenvalue weighted by molar-refractivity contribution is 9.10. The number of halogens is 1. The summed E-state index contributed by atoms with van der Waals surface area (Å²) in [4.78, 5) is 28.7. The van der Waals surface area contributed by atoms with Crippen molar-refractivity contribution in [2.75, 3.05) is 6.61 Å². The number of carbonyl (C=O) groups excluding carboxylic acids is 2. The van der Waals surface area contributed by atoms with E-state index in [0.717, 1.165) is 15.8 Å². The summed E-state index contributed by atoms with van der Waals surface area (Å²) in [5, 5.41) is 10.3. The van der Waals surface area contributed by atoms with Gasteiger partial charge in [0, 0.05) is 16.3 Å². The Hall–Kier alpha value is -1.99. The van der Waals surface area contributed by atoms with Gasteiger partial charge in [-0.15, -0.1) is 11.3 Å². The second-order valence-corrected chi connectivity index (χ2v) is 6.89. The van der Waals surface area contributed by atoms with E-state index in [9.17, 15) is 14.7 Å². The molecule has 0 aliphatic heterocycles. The summed E-state index contributed by atoms with van der Waals surface area (Å²) in [7, 11) is 0. The third kappa shape index (κ3) is 3.91. The van der Waals surface area contributed by atoms with Gasteiger partial charge in [0.2, 0.25) is 0 Å². The number of ether oxygens (including phenoxy) is 1. The fourth-order valence-electron chi connectivity index (χ4n) is 2.13. The van der Waals surface area contributed by atoms with Crippen molar-refractivity contribution < 1.29 is 19.4 Å². The lowest BCUT2D eigenvalue weighted by Gasteiger charge is -2.03. The minimum Gasteiger partial charge on any atom is -0.507 e. The maximum Gasteiger partial charge on any atom is 0.341 e. The van der Waals surface area contributed by atoms with Gasteiger partial charge in [0.25, 0.3) is 0 Å². The van der Waals surface area contributed by atoms with Crippen molar-refractivity contribution in [1.29, 1.82) is 0 Å². The normalized spacial score (nSPS) is 11.0. The van der Waals surface area contributed by atoms with Gasteiger partial charge in [0.15, 0.2) is 5.78 Å². The van der Waals surface area contributed by atoms with Crippen molar-refractivity contribution in [1.82, 2.24) is 0 Å². The fourth-order valence-corrected chi connectivity index (χ4v) is 3.54. The first-order valence-corrected chi connectivity index (χ1v) is 8.80. The van der Waals surface area contributed by atoms with E-state index in [1.807, 2.05) is 0 Å². The number of hydrogen-bond donors (Lipinski definition) is 1. The molecule has 1 aromatic carbocycles. The molecule has 1 heterocycles. The van der Waals surface area contributed by atoms with E-state index >= 15 is 0 Å². The second-order valence-electron chi connectivity index (χ2n) is 4.97. The first kappa shape index (κ1) is 18.4. The molecule has 5 nitrogen and oxygen atoms in total. The van der Waals surface area contributed by atoms with Gasteiger partial charge >= 0.3 is 5.97 Å². The number of Topliss-reactive ketones (excluding diaryl/α,β-unsaturated/α-hetero) is 1. The number of carbonyl (C=O) groups is 2. The minimum absolute atomic E-state index is 0.0692. The Morgan fingerprint density at radius 1 is 1.42 bits per heavy atom. The number of nitrogens with zero attached hydrogens (tertiary/aromatic N) is 1. The van der Waals surface area contributed by atoms with Gasteiger partial charge in [-0.05, 0) is 44.5 Å². The molecule has 126 valence electrons. The van der Waals surface area contributed by atoms with Crippen LogP contribution in [0.3, 0.4) is 0 Å². The average molecular weight is 410 g/mol. The zero-order chi connectivity index (χ0) is 17.9. The van der Waals surface area contributed by atoms with Crippen molar-refractivity contribution in [3.8, 4) is 5.75 Å². The summed E-state index contributed by atoms with van der Waals surface area (Å²) in [6.07, 6.45) is 1.46. The van der Waals surface area contributed by atoms with Gasteiger partial charge in [0.1, 0.15) is 10.8 Å². The summed E-state index contributed by atoms with van der Waals surface area (Å²) in [5.41, 5.74) is 1.35. The molecule has 7 heteroatoms. The van der Waals surface area contributed by atoms with Crippen LogP contribution < -0.4 is 0 Å². The number of phenolic OH excluding ortho intramolecular Hbond substituents is 1.